The molecule has 0 spiro atoms. The van der Waals surface area contributed by atoms with Gasteiger partial charge in [-0.1, -0.05) is 13.0 Å². The van der Waals surface area contributed by atoms with E-state index in [9.17, 15) is 0 Å². The third-order valence-corrected chi connectivity index (χ3v) is 4.48. The van der Waals surface area contributed by atoms with Crippen molar-refractivity contribution < 1.29 is 4.74 Å². The molecule has 4 nitrogen and oxygen atoms in total. The minimum atomic E-state index is 0.743. The lowest BCUT2D eigenvalue weighted by Crippen LogP contribution is -2.09. The van der Waals surface area contributed by atoms with Crippen molar-refractivity contribution in [1.29, 1.82) is 0 Å². The normalized spacial score (nSPS) is 11.3. The first-order chi connectivity index (χ1) is 11.7. The molecule has 0 fully saturated rings. The third kappa shape index (κ3) is 3.92. The van der Waals surface area contributed by atoms with Crippen molar-refractivity contribution in [3.63, 3.8) is 0 Å². The van der Waals surface area contributed by atoms with Crippen LogP contribution in [0.5, 0.6) is 5.75 Å². The van der Waals surface area contributed by atoms with Crippen LogP contribution in [0.15, 0.2) is 36.5 Å². The lowest BCUT2D eigenvalue weighted by molar-refractivity contribution is 0.318. The van der Waals surface area contributed by atoms with Gasteiger partial charge in [0.25, 0.3) is 0 Å². The smallest absolute Gasteiger partial charge is 0.127 e. The summed E-state index contributed by atoms with van der Waals surface area (Å²) < 4.78 is 6.82. The molecule has 0 atom stereocenters. The number of hydrogen-bond donors (Lipinski definition) is 0. The zero-order valence-corrected chi connectivity index (χ0v) is 15.0. The van der Waals surface area contributed by atoms with Crippen molar-refractivity contribution in [1.82, 2.24) is 9.97 Å². The maximum Gasteiger partial charge on any atom is 0.127 e. The Morgan fingerprint density at radius 2 is 2.04 bits per heavy atom. The number of rotatable bonds is 6. The topological polar surface area (TPSA) is 38.2 Å². The van der Waals surface area contributed by atoms with Crippen LogP contribution in [-0.2, 0) is 0 Å². The Balaban J connectivity index is 1.76. The van der Waals surface area contributed by atoms with Gasteiger partial charge in [-0.25, -0.2) is 9.97 Å². The predicted molar refractivity (Wildman–Crippen MR) is 103 cm³/mol. The van der Waals surface area contributed by atoms with Crippen molar-refractivity contribution in [2.75, 3.05) is 25.6 Å². The number of anilines is 1. The molecule has 3 aromatic rings. The quantitative estimate of drug-likeness (QED) is 0.651. The largest absolute Gasteiger partial charge is 0.494 e. The summed E-state index contributed by atoms with van der Waals surface area (Å²) in [5.74, 6) is 1.86. The molecule has 0 radical (unpaired) electrons. The van der Waals surface area contributed by atoms with Crippen molar-refractivity contribution in [3.05, 3.63) is 47.1 Å². The summed E-state index contributed by atoms with van der Waals surface area (Å²) in [5, 5.41) is 0.981. The Morgan fingerprint density at radius 1 is 1.17 bits per heavy atom. The maximum absolute atomic E-state index is 5.68. The number of benzene rings is 1. The van der Waals surface area contributed by atoms with Gasteiger partial charge < -0.3 is 9.64 Å². The fourth-order valence-corrected chi connectivity index (χ4v) is 3.13. The lowest BCUT2D eigenvalue weighted by Gasteiger charge is -2.10. The van der Waals surface area contributed by atoms with Gasteiger partial charge in [0.1, 0.15) is 16.6 Å². The summed E-state index contributed by atoms with van der Waals surface area (Å²) in [6.07, 6.45) is 6.95. The van der Waals surface area contributed by atoms with E-state index in [0.717, 1.165) is 45.4 Å². The highest BCUT2D eigenvalue weighted by atomic mass is 32.1. The molecule has 0 aliphatic rings. The van der Waals surface area contributed by atoms with Crippen LogP contribution in [0.3, 0.4) is 0 Å². The van der Waals surface area contributed by atoms with E-state index < -0.39 is 0 Å². The van der Waals surface area contributed by atoms with Gasteiger partial charge in [0.2, 0.25) is 0 Å². The molecule has 24 heavy (non-hydrogen) atoms. The highest BCUT2D eigenvalue weighted by molar-refractivity contribution is 7.19. The Kier molecular flexibility index (Phi) is 5.11. The average molecular weight is 339 g/mol. The summed E-state index contributed by atoms with van der Waals surface area (Å²) in [6, 6.07) is 10.1. The molecule has 3 rings (SSSR count). The van der Waals surface area contributed by atoms with E-state index in [1.54, 1.807) is 11.3 Å². The van der Waals surface area contributed by atoms with Crippen LogP contribution < -0.4 is 9.64 Å². The highest BCUT2D eigenvalue weighted by Gasteiger charge is 2.03. The van der Waals surface area contributed by atoms with Gasteiger partial charge in [-0.3, -0.25) is 0 Å². The summed E-state index contributed by atoms with van der Waals surface area (Å²) >= 11 is 1.67. The van der Waals surface area contributed by atoms with Crippen molar-refractivity contribution in [2.24, 2.45) is 0 Å². The molecule has 0 saturated carbocycles. The second kappa shape index (κ2) is 7.45. The van der Waals surface area contributed by atoms with Crippen molar-refractivity contribution in [3.8, 4) is 5.75 Å². The van der Waals surface area contributed by atoms with Crippen molar-refractivity contribution in [2.45, 2.75) is 13.3 Å². The Labute approximate surface area is 146 Å². The molecule has 0 aliphatic carbocycles. The van der Waals surface area contributed by atoms with E-state index in [0.29, 0.717) is 0 Å². The van der Waals surface area contributed by atoms with Crippen LogP contribution >= 0.6 is 11.3 Å². The van der Waals surface area contributed by atoms with E-state index in [-0.39, 0.29) is 0 Å². The first kappa shape index (κ1) is 16.5. The number of fused-ring (bicyclic) bond motifs is 1. The fourth-order valence-electron chi connectivity index (χ4n) is 2.23. The van der Waals surface area contributed by atoms with Crippen LogP contribution in [0.1, 0.15) is 23.9 Å². The average Bonchev–Trinajstić information content (AvgIpc) is 3.00. The lowest BCUT2D eigenvalue weighted by atomic mass is 10.2. The molecule has 2 heterocycles. The Bertz CT molecular complexity index is 837. The third-order valence-electron chi connectivity index (χ3n) is 3.50. The predicted octanol–water partition coefficient (Wildman–Crippen LogP) is 4.72. The van der Waals surface area contributed by atoms with Crippen LogP contribution in [0.4, 0.5) is 5.82 Å². The maximum atomic E-state index is 5.68. The first-order valence-corrected chi connectivity index (χ1v) is 8.82. The van der Waals surface area contributed by atoms with Gasteiger partial charge in [-0.15, -0.1) is 11.3 Å². The molecule has 0 unspecified atom stereocenters. The number of pyridine rings is 1. The SMILES string of the molecule is CCCOc1ccc2nc(/C=C/c3ccc(N(C)C)nc3)sc2c1. The molecule has 0 amide bonds. The van der Waals surface area contributed by atoms with Crippen LogP contribution in [0.2, 0.25) is 0 Å². The number of hydrogen-bond acceptors (Lipinski definition) is 5. The summed E-state index contributed by atoms with van der Waals surface area (Å²) in [7, 11) is 3.97. The van der Waals surface area contributed by atoms with Gasteiger partial charge in [0, 0.05) is 20.3 Å². The van der Waals surface area contributed by atoms with Crippen LogP contribution in [0, 0.1) is 0 Å². The highest BCUT2D eigenvalue weighted by Crippen LogP contribution is 2.27. The van der Waals surface area contributed by atoms with Gasteiger partial charge in [-0.05, 0) is 48.4 Å². The molecule has 0 N–H and O–H groups in total. The van der Waals surface area contributed by atoms with Gasteiger partial charge in [0.15, 0.2) is 0 Å². The second-order valence-electron chi connectivity index (χ2n) is 5.71. The van der Waals surface area contributed by atoms with Gasteiger partial charge in [0.05, 0.1) is 16.8 Å². The van der Waals surface area contributed by atoms with E-state index in [1.807, 2.05) is 55.5 Å². The molecule has 0 aliphatic heterocycles. The zero-order chi connectivity index (χ0) is 16.9. The Hall–Kier alpha value is -2.40. The minimum Gasteiger partial charge on any atom is -0.494 e. The number of aromatic nitrogens is 2. The van der Waals surface area contributed by atoms with Crippen LogP contribution in [0.25, 0.3) is 22.4 Å². The zero-order valence-electron chi connectivity index (χ0n) is 14.2. The van der Waals surface area contributed by atoms with Gasteiger partial charge >= 0.3 is 0 Å². The second-order valence-corrected chi connectivity index (χ2v) is 6.77. The summed E-state index contributed by atoms with van der Waals surface area (Å²) in [5.41, 5.74) is 2.07. The van der Waals surface area contributed by atoms with E-state index in [4.69, 9.17) is 4.74 Å². The molecular formula is C19H21N3OS. The molecule has 0 saturated heterocycles. The minimum absolute atomic E-state index is 0.743. The number of thiazole rings is 1. The van der Waals surface area contributed by atoms with Crippen molar-refractivity contribution >= 4 is 39.5 Å². The van der Waals surface area contributed by atoms with E-state index >= 15 is 0 Å². The monoisotopic (exact) mass is 339 g/mol. The summed E-state index contributed by atoms with van der Waals surface area (Å²) in [4.78, 5) is 11.0. The molecule has 124 valence electrons. The molecule has 0 bridgehead atoms. The van der Waals surface area contributed by atoms with Crippen LogP contribution in [-0.4, -0.2) is 30.7 Å². The number of nitrogens with zero attached hydrogens (tertiary/aromatic N) is 3. The number of ether oxygens (including phenoxy) is 1. The first-order valence-electron chi connectivity index (χ1n) is 8.00. The van der Waals surface area contributed by atoms with E-state index in [1.165, 1.54) is 0 Å². The molecular weight excluding hydrogens is 318 g/mol. The van der Waals surface area contributed by atoms with Gasteiger partial charge in [-0.2, -0.15) is 0 Å². The molecule has 5 heteroatoms. The molecule has 2 aromatic heterocycles. The fraction of sp³-hybridized carbons (Fsp3) is 0.263. The molecule has 1 aromatic carbocycles. The Morgan fingerprint density at radius 3 is 2.75 bits per heavy atom. The standard InChI is InChI=1S/C19H21N3OS/c1-4-11-23-15-7-8-16-17(12-15)24-19(21-16)10-6-14-5-9-18(20-13-14)22(2)3/h5-10,12-13H,4,11H2,1-3H3/b10-6+. The summed E-state index contributed by atoms with van der Waals surface area (Å²) in [6.45, 7) is 2.85. The van der Waals surface area contributed by atoms with E-state index in [2.05, 4.69) is 29.0 Å².